The van der Waals surface area contributed by atoms with Crippen molar-refractivity contribution in [3.8, 4) is 0 Å². The molecule has 1 fully saturated rings. The molecule has 112 valence electrons. The van der Waals surface area contributed by atoms with E-state index in [1.807, 2.05) is 18.3 Å². The van der Waals surface area contributed by atoms with E-state index in [0.717, 1.165) is 32.7 Å². The van der Waals surface area contributed by atoms with E-state index < -0.39 is 0 Å². The molecular formula is C17H22BrN3. The van der Waals surface area contributed by atoms with E-state index in [-0.39, 0.29) is 0 Å². The summed E-state index contributed by atoms with van der Waals surface area (Å²) in [4.78, 5) is 4.56. The summed E-state index contributed by atoms with van der Waals surface area (Å²) < 4.78 is 0.957. The average Bonchev–Trinajstić information content (AvgIpc) is 2.47. The minimum atomic E-state index is 0.519. The molecule has 3 rings (SSSR count). The molecule has 21 heavy (non-hydrogen) atoms. The van der Waals surface area contributed by atoms with Gasteiger partial charge in [0.15, 0.2) is 0 Å². The second-order valence-corrected chi connectivity index (χ2v) is 7.19. The molecule has 1 saturated carbocycles. The van der Waals surface area contributed by atoms with E-state index in [4.69, 9.17) is 5.73 Å². The molecule has 0 saturated heterocycles. The van der Waals surface area contributed by atoms with Crippen LogP contribution in [-0.2, 0) is 0 Å². The van der Waals surface area contributed by atoms with Crippen LogP contribution in [0.2, 0.25) is 0 Å². The van der Waals surface area contributed by atoms with Crippen LogP contribution in [0.1, 0.15) is 33.1 Å². The third-order valence-corrected chi connectivity index (χ3v) is 5.33. The molecule has 0 bridgehead atoms. The van der Waals surface area contributed by atoms with E-state index >= 15 is 0 Å². The van der Waals surface area contributed by atoms with Crippen molar-refractivity contribution in [3.05, 3.63) is 28.9 Å². The van der Waals surface area contributed by atoms with Gasteiger partial charge in [-0.1, -0.05) is 26.7 Å². The molecule has 3 nitrogen and oxygen atoms in total. The first-order valence-corrected chi connectivity index (χ1v) is 8.46. The third kappa shape index (κ3) is 2.86. The molecule has 3 unspecified atom stereocenters. The van der Waals surface area contributed by atoms with Crippen LogP contribution in [0.5, 0.6) is 0 Å². The van der Waals surface area contributed by atoms with Gasteiger partial charge in [-0.05, 0) is 52.4 Å². The molecule has 0 radical (unpaired) electrons. The highest BCUT2D eigenvalue weighted by atomic mass is 79.9. The Balaban J connectivity index is 1.96. The summed E-state index contributed by atoms with van der Waals surface area (Å²) in [5.74, 6) is 1.46. The smallest absolute Gasteiger partial charge is 0.0954 e. The lowest BCUT2D eigenvalue weighted by Crippen LogP contribution is -2.35. The van der Waals surface area contributed by atoms with Gasteiger partial charge in [-0.15, -0.1) is 0 Å². The zero-order chi connectivity index (χ0) is 15.0. The first-order valence-electron chi connectivity index (χ1n) is 7.66. The Bertz CT molecular complexity index is 656. The van der Waals surface area contributed by atoms with Gasteiger partial charge in [0.05, 0.1) is 11.2 Å². The summed E-state index contributed by atoms with van der Waals surface area (Å²) >= 11 is 3.47. The Hall–Kier alpha value is -1.29. The lowest BCUT2D eigenvalue weighted by molar-refractivity contribution is 0.253. The van der Waals surface area contributed by atoms with Gasteiger partial charge in [-0.2, -0.15) is 0 Å². The number of nitrogens with two attached hydrogens (primary N) is 1. The molecule has 1 aromatic heterocycles. The van der Waals surface area contributed by atoms with E-state index in [0.29, 0.717) is 12.0 Å². The summed E-state index contributed by atoms with van der Waals surface area (Å²) in [7, 11) is 0. The predicted molar refractivity (Wildman–Crippen MR) is 93.4 cm³/mol. The molecule has 1 aromatic carbocycles. The van der Waals surface area contributed by atoms with Crippen LogP contribution in [0.4, 0.5) is 11.4 Å². The van der Waals surface area contributed by atoms with Crippen molar-refractivity contribution in [3.63, 3.8) is 0 Å². The Kier molecular flexibility index (Phi) is 4.07. The Labute approximate surface area is 134 Å². The van der Waals surface area contributed by atoms with Gasteiger partial charge in [0.2, 0.25) is 0 Å². The zero-order valence-corrected chi connectivity index (χ0v) is 14.2. The van der Waals surface area contributed by atoms with Crippen molar-refractivity contribution < 1.29 is 0 Å². The van der Waals surface area contributed by atoms with Crippen molar-refractivity contribution in [2.75, 3.05) is 11.1 Å². The topological polar surface area (TPSA) is 50.9 Å². The molecule has 1 aliphatic carbocycles. The van der Waals surface area contributed by atoms with Gasteiger partial charge >= 0.3 is 0 Å². The quantitative estimate of drug-likeness (QED) is 0.766. The van der Waals surface area contributed by atoms with Crippen molar-refractivity contribution in [2.45, 2.75) is 39.2 Å². The molecule has 3 atom stereocenters. The maximum absolute atomic E-state index is 6.09. The standard InChI is InChI=1S/C17H22BrN3/c1-10-4-3-5-15(11(10)2)21-16-7-6-14(19)13-8-12(18)9-20-17(13)16/h6-11,15,21H,3-5,19H2,1-2H3. The molecule has 0 aliphatic heterocycles. The summed E-state index contributed by atoms with van der Waals surface area (Å²) in [5, 5.41) is 4.72. The highest BCUT2D eigenvalue weighted by Crippen LogP contribution is 2.34. The van der Waals surface area contributed by atoms with E-state index in [9.17, 15) is 0 Å². The highest BCUT2D eigenvalue weighted by molar-refractivity contribution is 9.10. The van der Waals surface area contributed by atoms with Crippen molar-refractivity contribution in [1.29, 1.82) is 0 Å². The average molecular weight is 348 g/mol. The van der Waals surface area contributed by atoms with E-state index in [2.05, 4.69) is 46.1 Å². The van der Waals surface area contributed by atoms with Crippen LogP contribution in [0.25, 0.3) is 10.9 Å². The molecular weight excluding hydrogens is 326 g/mol. The van der Waals surface area contributed by atoms with Crippen molar-refractivity contribution in [1.82, 2.24) is 4.98 Å². The van der Waals surface area contributed by atoms with Crippen molar-refractivity contribution >= 4 is 38.2 Å². The summed E-state index contributed by atoms with van der Waals surface area (Å²) in [6.45, 7) is 4.71. The minimum absolute atomic E-state index is 0.519. The molecule has 2 aromatic rings. The fraction of sp³-hybridized carbons (Fsp3) is 0.471. The number of rotatable bonds is 2. The second-order valence-electron chi connectivity index (χ2n) is 6.27. The van der Waals surface area contributed by atoms with Gasteiger partial charge in [0, 0.05) is 27.8 Å². The largest absolute Gasteiger partial charge is 0.398 e. The molecule has 4 heteroatoms. The summed E-state index contributed by atoms with van der Waals surface area (Å²) in [5.41, 5.74) is 8.92. The number of fused-ring (bicyclic) bond motifs is 1. The van der Waals surface area contributed by atoms with Crippen LogP contribution in [-0.4, -0.2) is 11.0 Å². The maximum atomic E-state index is 6.09. The Morgan fingerprint density at radius 3 is 2.90 bits per heavy atom. The number of pyridine rings is 1. The number of nitrogen functional groups attached to an aromatic ring is 1. The fourth-order valence-corrected chi connectivity index (χ4v) is 3.65. The SMILES string of the molecule is CC1CCCC(Nc2ccc(N)c3cc(Br)cnc23)C1C. The highest BCUT2D eigenvalue weighted by Gasteiger charge is 2.27. The zero-order valence-electron chi connectivity index (χ0n) is 12.6. The lowest BCUT2D eigenvalue weighted by Gasteiger charge is -2.35. The van der Waals surface area contributed by atoms with Gasteiger partial charge < -0.3 is 11.1 Å². The molecule has 3 N–H and O–H groups in total. The van der Waals surface area contributed by atoms with Crippen LogP contribution in [0.15, 0.2) is 28.9 Å². The Morgan fingerprint density at radius 2 is 2.10 bits per heavy atom. The minimum Gasteiger partial charge on any atom is -0.398 e. The molecule has 0 spiro atoms. The number of hydrogen-bond acceptors (Lipinski definition) is 3. The number of anilines is 2. The molecule has 1 heterocycles. The monoisotopic (exact) mass is 347 g/mol. The van der Waals surface area contributed by atoms with Gasteiger partial charge in [-0.25, -0.2) is 0 Å². The second kappa shape index (κ2) is 5.84. The fourth-order valence-electron chi connectivity index (χ4n) is 3.32. The van der Waals surface area contributed by atoms with Crippen molar-refractivity contribution in [2.24, 2.45) is 11.8 Å². The first-order chi connectivity index (χ1) is 10.1. The maximum Gasteiger partial charge on any atom is 0.0954 e. The lowest BCUT2D eigenvalue weighted by atomic mass is 9.78. The number of nitrogens with zero attached hydrogens (tertiary/aromatic N) is 1. The van der Waals surface area contributed by atoms with Gasteiger partial charge in [0.25, 0.3) is 0 Å². The number of aromatic nitrogens is 1. The van der Waals surface area contributed by atoms with E-state index in [1.54, 1.807) is 0 Å². The number of benzene rings is 1. The van der Waals surface area contributed by atoms with Crippen LogP contribution in [0.3, 0.4) is 0 Å². The molecule has 1 aliphatic rings. The third-order valence-electron chi connectivity index (χ3n) is 4.90. The summed E-state index contributed by atoms with van der Waals surface area (Å²) in [6.07, 6.45) is 5.70. The van der Waals surface area contributed by atoms with Gasteiger partial charge in [0.1, 0.15) is 0 Å². The Morgan fingerprint density at radius 1 is 1.29 bits per heavy atom. The number of hydrogen-bond donors (Lipinski definition) is 2. The number of nitrogens with one attached hydrogen (secondary N) is 1. The first kappa shape index (κ1) is 14.6. The van der Waals surface area contributed by atoms with Crippen LogP contribution < -0.4 is 11.1 Å². The summed E-state index contributed by atoms with van der Waals surface area (Å²) in [6, 6.07) is 6.58. The van der Waals surface area contributed by atoms with Crippen LogP contribution >= 0.6 is 15.9 Å². The van der Waals surface area contributed by atoms with Crippen LogP contribution in [0, 0.1) is 11.8 Å². The molecule has 0 amide bonds. The van der Waals surface area contributed by atoms with Gasteiger partial charge in [-0.3, -0.25) is 4.98 Å². The normalized spacial score (nSPS) is 26.0. The predicted octanol–water partition coefficient (Wildman–Crippen LogP) is 4.82. The van der Waals surface area contributed by atoms with E-state index in [1.165, 1.54) is 19.3 Å². The number of halogens is 1.